The Labute approximate surface area is 198 Å². The highest BCUT2D eigenvalue weighted by Gasteiger charge is 2.30. The van der Waals surface area contributed by atoms with E-state index in [-0.39, 0.29) is 40.8 Å². The van der Waals surface area contributed by atoms with Crippen LogP contribution in [-0.2, 0) is 16.1 Å². The Morgan fingerprint density at radius 2 is 2.03 bits per heavy atom. The number of halogens is 2. The normalized spacial score (nSPS) is 14.5. The number of aromatic nitrogens is 2. The summed E-state index contributed by atoms with van der Waals surface area (Å²) in [5.41, 5.74) is 7.15. The van der Waals surface area contributed by atoms with Crippen molar-refractivity contribution in [3.63, 3.8) is 0 Å². The highest BCUT2D eigenvalue weighted by Crippen LogP contribution is 2.41. The van der Waals surface area contributed by atoms with E-state index in [4.69, 9.17) is 14.9 Å². The van der Waals surface area contributed by atoms with Crippen molar-refractivity contribution < 1.29 is 22.7 Å². The minimum absolute atomic E-state index is 0.00558. The van der Waals surface area contributed by atoms with Crippen molar-refractivity contribution in [1.29, 1.82) is 0 Å². The van der Waals surface area contributed by atoms with Crippen molar-refractivity contribution in [2.45, 2.75) is 45.3 Å². The number of benzene rings is 2. The zero-order chi connectivity index (χ0) is 25.0. The molecule has 10 heteroatoms. The van der Waals surface area contributed by atoms with E-state index in [2.05, 4.69) is 10.3 Å². The maximum Gasteiger partial charge on any atom is 0.322 e. The van der Waals surface area contributed by atoms with Gasteiger partial charge in [-0.1, -0.05) is 6.07 Å². The number of ether oxygens (including phenoxy) is 1. The number of carbonyl (C=O) groups excluding carboxylic acids is 1. The number of fused-ring (bicyclic) bond motifs is 3. The zero-order valence-corrected chi connectivity index (χ0v) is 19.4. The molecule has 2 aromatic carbocycles. The molecule has 0 radical (unpaired) electrons. The molecular formula is C25H24F2N4O4. The Bertz CT molecular complexity index is 1560. The number of nitrogen functional groups attached to an aromatic ring is 1. The number of nitrogens with zero attached hydrogens (tertiary/aromatic N) is 2. The summed E-state index contributed by atoms with van der Waals surface area (Å²) in [6.45, 7) is 3.53. The first-order valence-electron chi connectivity index (χ1n) is 11.2. The van der Waals surface area contributed by atoms with Crippen LogP contribution >= 0.6 is 0 Å². The lowest BCUT2D eigenvalue weighted by Crippen LogP contribution is -2.34. The van der Waals surface area contributed by atoms with Crippen LogP contribution in [-0.4, -0.2) is 28.7 Å². The molecule has 1 aliphatic rings. The van der Waals surface area contributed by atoms with Crippen molar-refractivity contribution >= 4 is 33.7 Å². The number of rotatable bonds is 6. The van der Waals surface area contributed by atoms with Crippen LogP contribution in [0.4, 0.5) is 14.5 Å². The standard InChI is InChI=1S/C25H24F2N4O4/c1-11-14(16-8-18(27)19(28)9-17(16)26)6-7-15-22(11)31(13-4-5-13)24(32)21-23(15)35-20(30-21)10-29-12(2)25(33)34-3/h6-9,12-13,29H,4-5,10,28H2,1-3H3/t12-/m0/s1. The summed E-state index contributed by atoms with van der Waals surface area (Å²) in [7, 11) is 1.30. The minimum Gasteiger partial charge on any atom is -0.468 e. The van der Waals surface area contributed by atoms with Crippen molar-refractivity contribution in [3.8, 4) is 11.1 Å². The van der Waals surface area contributed by atoms with E-state index >= 15 is 0 Å². The Kier molecular flexibility index (Phi) is 5.55. The Balaban J connectivity index is 1.69. The van der Waals surface area contributed by atoms with Crippen LogP contribution in [0.25, 0.3) is 33.1 Å². The molecule has 1 aliphatic carbocycles. The van der Waals surface area contributed by atoms with Gasteiger partial charge in [-0.2, -0.15) is 0 Å². The SMILES string of the molecule is COC(=O)[C@H](C)NCc1nc2c(=O)n(C3CC3)c3c(C)c(-c4cc(F)c(N)cc4F)ccc3c2o1. The summed E-state index contributed by atoms with van der Waals surface area (Å²) >= 11 is 0. The predicted octanol–water partition coefficient (Wildman–Crippen LogP) is 3.96. The third-order valence-electron chi connectivity index (χ3n) is 6.41. The average Bonchev–Trinajstić information content (AvgIpc) is 3.58. The van der Waals surface area contributed by atoms with Gasteiger partial charge in [0.2, 0.25) is 5.89 Å². The molecule has 0 spiro atoms. The van der Waals surface area contributed by atoms with Gasteiger partial charge in [0, 0.05) is 23.1 Å². The molecule has 0 amide bonds. The van der Waals surface area contributed by atoms with Gasteiger partial charge in [0.15, 0.2) is 11.1 Å². The highest BCUT2D eigenvalue weighted by atomic mass is 19.1. The average molecular weight is 482 g/mol. The summed E-state index contributed by atoms with van der Waals surface area (Å²) in [6.07, 6.45) is 1.66. The molecule has 2 aromatic heterocycles. The lowest BCUT2D eigenvalue weighted by atomic mass is 9.96. The third-order valence-corrected chi connectivity index (χ3v) is 6.41. The molecule has 1 saturated carbocycles. The van der Waals surface area contributed by atoms with Crippen LogP contribution in [0.2, 0.25) is 0 Å². The highest BCUT2D eigenvalue weighted by molar-refractivity contribution is 6.04. The molecule has 8 nitrogen and oxygen atoms in total. The van der Waals surface area contributed by atoms with Crippen LogP contribution in [0.3, 0.4) is 0 Å². The molecule has 0 bridgehead atoms. The summed E-state index contributed by atoms with van der Waals surface area (Å²) in [5.74, 6) is -1.56. The van der Waals surface area contributed by atoms with Gasteiger partial charge in [-0.15, -0.1) is 0 Å². The maximum absolute atomic E-state index is 14.8. The fourth-order valence-electron chi connectivity index (χ4n) is 4.42. The molecule has 182 valence electrons. The van der Waals surface area contributed by atoms with E-state index in [0.29, 0.717) is 27.6 Å². The number of pyridine rings is 1. The first-order valence-corrected chi connectivity index (χ1v) is 11.2. The summed E-state index contributed by atoms with van der Waals surface area (Å²) in [4.78, 5) is 29.6. The summed E-state index contributed by atoms with van der Waals surface area (Å²) < 4.78 is 41.3. The van der Waals surface area contributed by atoms with E-state index in [1.165, 1.54) is 7.11 Å². The van der Waals surface area contributed by atoms with Crippen LogP contribution < -0.4 is 16.6 Å². The molecule has 1 fully saturated rings. The topological polar surface area (TPSA) is 112 Å². The second-order valence-corrected chi connectivity index (χ2v) is 8.81. The fraction of sp³-hybridized carbons (Fsp3) is 0.320. The van der Waals surface area contributed by atoms with Gasteiger partial charge in [0.25, 0.3) is 5.56 Å². The van der Waals surface area contributed by atoms with Gasteiger partial charge in [-0.25, -0.2) is 13.8 Å². The number of esters is 1. The van der Waals surface area contributed by atoms with Crippen LogP contribution in [0.5, 0.6) is 0 Å². The lowest BCUT2D eigenvalue weighted by molar-refractivity contribution is -0.142. The van der Waals surface area contributed by atoms with Gasteiger partial charge in [0.1, 0.15) is 17.7 Å². The molecule has 0 unspecified atom stereocenters. The van der Waals surface area contributed by atoms with Gasteiger partial charge in [0.05, 0.1) is 24.9 Å². The number of aryl methyl sites for hydroxylation is 1. The zero-order valence-electron chi connectivity index (χ0n) is 19.4. The molecule has 1 atom stereocenters. The number of anilines is 1. The Morgan fingerprint density at radius 1 is 1.29 bits per heavy atom. The quantitative estimate of drug-likeness (QED) is 0.316. The third kappa shape index (κ3) is 3.83. The molecular weight excluding hydrogens is 458 g/mol. The van der Waals surface area contributed by atoms with Crippen LogP contribution in [0, 0.1) is 18.6 Å². The number of carbonyl (C=O) groups is 1. The molecule has 5 rings (SSSR count). The monoisotopic (exact) mass is 482 g/mol. The van der Waals surface area contributed by atoms with Crippen LogP contribution in [0.15, 0.2) is 33.5 Å². The molecule has 0 saturated heterocycles. The number of nitrogens with two attached hydrogens (primary N) is 1. The summed E-state index contributed by atoms with van der Waals surface area (Å²) in [5, 5.41) is 3.60. The second kappa shape index (κ2) is 8.46. The Hall–Kier alpha value is -3.79. The van der Waals surface area contributed by atoms with Gasteiger partial charge in [-0.05, 0) is 49.9 Å². The van der Waals surface area contributed by atoms with E-state index in [1.54, 1.807) is 30.5 Å². The molecule has 35 heavy (non-hydrogen) atoms. The molecule has 0 aliphatic heterocycles. The van der Waals surface area contributed by atoms with Crippen molar-refractivity contribution in [2.24, 2.45) is 0 Å². The largest absolute Gasteiger partial charge is 0.468 e. The predicted molar refractivity (Wildman–Crippen MR) is 127 cm³/mol. The molecule has 2 heterocycles. The lowest BCUT2D eigenvalue weighted by Gasteiger charge is -2.16. The summed E-state index contributed by atoms with van der Waals surface area (Å²) in [6, 6.07) is 4.83. The number of nitrogens with one attached hydrogen (secondary N) is 1. The first-order chi connectivity index (χ1) is 16.7. The minimum atomic E-state index is -0.718. The fourth-order valence-corrected chi connectivity index (χ4v) is 4.42. The van der Waals surface area contributed by atoms with Crippen LogP contribution in [0.1, 0.15) is 37.3 Å². The first kappa shape index (κ1) is 23.0. The van der Waals surface area contributed by atoms with Crippen molar-refractivity contribution in [1.82, 2.24) is 14.9 Å². The molecule has 4 aromatic rings. The maximum atomic E-state index is 14.8. The van der Waals surface area contributed by atoms with Gasteiger partial charge >= 0.3 is 5.97 Å². The number of methoxy groups -OCH3 is 1. The second-order valence-electron chi connectivity index (χ2n) is 8.81. The number of hydrogen-bond acceptors (Lipinski definition) is 7. The number of oxazole rings is 1. The van der Waals surface area contributed by atoms with Gasteiger partial charge < -0.3 is 19.5 Å². The number of hydrogen-bond donors (Lipinski definition) is 2. The van der Waals surface area contributed by atoms with Gasteiger partial charge in [-0.3, -0.25) is 14.9 Å². The molecule has 3 N–H and O–H groups in total. The van der Waals surface area contributed by atoms with Crippen molar-refractivity contribution in [3.05, 3.63) is 57.7 Å². The van der Waals surface area contributed by atoms with E-state index in [0.717, 1.165) is 25.0 Å². The Morgan fingerprint density at radius 3 is 2.71 bits per heavy atom. The smallest absolute Gasteiger partial charge is 0.322 e. The van der Waals surface area contributed by atoms with E-state index < -0.39 is 23.6 Å². The van der Waals surface area contributed by atoms with E-state index in [9.17, 15) is 18.4 Å². The van der Waals surface area contributed by atoms with Crippen molar-refractivity contribution in [2.75, 3.05) is 12.8 Å². The van der Waals surface area contributed by atoms with E-state index in [1.807, 2.05) is 0 Å².